The van der Waals surface area contributed by atoms with Gasteiger partial charge in [-0.1, -0.05) is 37.6 Å². The molecule has 0 aliphatic heterocycles. The Bertz CT molecular complexity index is 789. The third kappa shape index (κ3) is 6.93. The van der Waals surface area contributed by atoms with E-state index in [1.54, 1.807) is 11.8 Å². The van der Waals surface area contributed by atoms with Crippen molar-refractivity contribution in [3.8, 4) is 0 Å². The molecule has 0 aliphatic rings. The topological polar surface area (TPSA) is 63.6 Å². The van der Waals surface area contributed by atoms with E-state index in [0.29, 0.717) is 37.2 Å². The zero-order chi connectivity index (χ0) is 20.5. The monoisotopic (exact) mass is 405 g/mol. The van der Waals surface area contributed by atoms with E-state index in [0.717, 1.165) is 11.3 Å². The minimum Gasteiger partial charge on any atom is -0.465 e. The van der Waals surface area contributed by atoms with Crippen LogP contribution in [0.2, 0.25) is 5.02 Å². The summed E-state index contributed by atoms with van der Waals surface area (Å²) in [4.78, 5) is 25.8. The van der Waals surface area contributed by atoms with E-state index >= 15 is 0 Å². The van der Waals surface area contributed by atoms with Gasteiger partial charge < -0.3 is 19.5 Å². The Morgan fingerprint density at radius 1 is 1.25 bits per heavy atom. The van der Waals surface area contributed by atoms with Crippen LogP contribution < -0.4 is 5.32 Å². The molecule has 2 aromatic rings. The van der Waals surface area contributed by atoms with Crippen LogP contribution in [0.3, 0.4) is 0 Å². The molecule has 1 N–H and O–H groups in total. The van der Waals surface area contributed by atoms with Gasteiger partial charge in [0.25, 0.3) is 0 Å². The molecular weight excluding hydrogens is 378 g/mol. The molecule has 28 heavy (non-hydrogen) atoms. The number of urea groups is 1. The van der Waals surface area contributed by atoms with Gasteiger partial charge in [-0.3, -0.25) is 4.79 Å². The van der Waals surface area contributed by atoms with Gasteiger partial charge in [0.15, 0.2) is 0 Å². The summed E-state index contributed by atoms with van der Waals surface area (Å²) in [6.07, 6.45) is 1.99. The van der Waals surface area contributed by atoms with Crippen LogP contribution in [0.5, 0.6) is 0 Å². The average molecular weight is 406 g/mol. The number of carbonyl (C=O) groups is 2. The number of carbonyl (C=O) groups excluding carboxylic acids is 2. The molecule has 1 heterocycles. The minimum absolute atomic E-state index is 0.134. The van der Waals surface area contributed by atoms with Gasteiger partial charge in [-0.2, -0.15) is 0 Å². The molecule has 1 aromatic heterocycles. The van der Waals surface area contributed by atoms with Gasteiger partial charge in [0.1, 0.15) is 6.54 Å². The van der Waals surface area contributed by atoms with Crippen LogP contribution in [0.25, 0.3) is 0 Å². The van der Waals surface area contributed by atoms with Gasteiger partial charge in [0.05, 0.1) is 13.2 Å². The number of esters is 1. The van der Waals surface area contributed by atoms with Crippen molar-refractivity contribution in [1.82, 2.24) is 14.8 Å². The molecule has 0 saturated carbocycles. The van der Waals surface area contributed by atoms with E-state index in [2.05, 4.69) is 23.7 Å². The van der Waals surface area contributed by atoms with E-state index in [9.17, 15) is 9.59 Å². The Morgan fingerprint density at radius 2 is 2.04 bits per heavy atom. The van der Waals surface area contributed by atoms with Gasteiger partial charge in [0, 0.05) is 30.0 Å². The Morgan fingerprint density at radius 3 is 2.71 bits per heavy atom. The third-order valence-corrected chi connectivity index (χ3v) is 4.32. The zero-order valence-corrected chi connectivity index (χ0v) is 17.4. The van der Waals surface area contributed by atoms with Gasteiger partial charge in [-0.25, -0.2) is 4.79 Å². The lowest BCUT2D eigenvalue weighted by Crippen LogP contribution is -2.43. The Labute approximate surface area is 171 Å². The number of hydrogen-bond donors (Lipinski definition) is 1. The lowest BCUT2D eigenvalue weighted by molar-refractivity contribution is -0.141. The predicted molar refractivity (Wildman–Crippen MR) is 110 cm³/mol. The molecule has 0 unspecified atom stereocenters. The van der Waals surface area contributed by atoms with Crippen molar-refractivity contribution >= 4 is 23.6 Å². The fourth-order valence-electron chi connectivity index (χ4n) is 2.91. The highest BCUT2D eigenvalue weighted by molar-refractivity contribution is 6.30. The number of nitrogens with one attached hydrogen (secondary N) is 1. The molecule has 6 nitrogen and oxygen atoms in total. The lowest BCUT2D eigenvalue weighted by Gasteiger charge is -2.25. The molecule has 0 spiro atoms. The summed E-state index contributed by atoms with van der Waals surface area (Å²) in [5.41, 5.74) is 2.10. The maximum Gasteiger partial charge on any atom is 0.325 e. The summed E-state index contributed by atoms with van der Waals surface area (Å²) in [7, 11) is 0. The number of amides is 2. The largest absolute Gasteiger partial charge is 0.465 e. The summed E-state index contributed by atoms with van der Waals surface area (Å²) in [5.74, 6) is -0.144. The Balaban J connectivity index is 2.07. The van der Waals surface area contributed by atoms with Crippen LogP contribution in [0.1, 0.15) is 32.0 Å². The van der Waals surface area contributed by atoms with Gasteiger partial charge in [-0.05, 0) is 42.7 Å². The molecule has 2 rings (SSSR count). The predicted octanol–water partition coefficient (Wildman–Crippen LogP) is 3.92. The second kappa shape index (κ2) is 10.8. The first-order valence-corrected chi connectivity index (χ1v) is 9.83. The number of hydrogen-bond acceptors (Lipinski definition) is 3. The van der Waals surface area contributed by atoms with Crippen molar-refractivity contribution in [1.29, 1.82) is 0 Å². The van der Waals surface area contributed by atoms with E-state index in [1.807, 2.05) is 42.6 Å². The second-order valence-electron chi connectivity index (χ2n) is 7.00. The van der Waals surface area contributed by atoms with Crippen molar-refractivity contribution in [3.05, 3.63) is 58.9 Å². The van der Waals surface area contributed by atoms with E-state index in [4.69, 9.17) is 16.3 Å². The van der Waals surface area contributed by atoms with Crippen LogP contribution in [0.4, 0.5) is 4.79 Å². The number of aromatic nitrogens is 1. The average Bonchev–Trinajstić information content (AvgIpc) is 3.06. The first kappa shape index (κ1) is 21.8. The highest BCUT2D eigenvalue weighted by Gasteiger charge is 2.18. The van der Waals surface area contributed by atoms with Crippen molar-refractivity contribution in [2.24, 2.45) is 5.92 Å². The number of ether oxygens (including phenoxy) is 1. The molecule has 1 aromatic carbocycles. The van der Waals surface area contributed by atoms with E-state index in [-0.39, 0.29) is 12.6 Å². The molecule has 7 heteroatoms. The molecule has 152 valence electrons. The van der Waals surface area contributed by atoms with Crippen LogP contribution in [-0.4, -0.2) is 41.2 Å². The Kier molecular flexibility index (Phi) is 8.39. The highest BCUT2D eigenvalue weighted by atomic mass is 35.5. The van der Waals surface area contributed by atoms with Crippen molar-refractivity contribution in [3.63, 3.8) is 0 Å². The Hall–Kier alpha value is -2.47. The first-order valence-electron chi connectivity index (χ1n) is 9.46. The van der Waals surface area contributed by atoms with Crippen molar-refractivity contribution in [2.75, 3.05) is 19.7 Å². The maximum atomic E-state index is 12.6. The molecule has 0 saturated heterocycles. The molecule has 2 amide bonds. The molecule has 0 bridgehead atoms. The fourth-order valence-corrected chi connectivity index (χ4v) is 3.12. The van der Waals surface area contributed by atoms with E-state index in [1.165, 1.54) is 0 Å². The van der Waals surface area contributed by atoms with Crippen LogP contribution in [0.15, 0.2) is 42.6 Å². The summed E-state index contributed by atoms with van der Waals surface area (Å²) >= 11 is 6.08. The SMILES string of the molecule is CCOC(=O)CNC(=O)N(Cc1cccn1Cc1cccc(Cl)c1)CC(C)C. The van der Waals surface area contributed by atoms with Gasteiger partial charge in [-0.15, -0.1) is 0 Å². The van der Waals surface area contributed by atoms with Crippen molar-refractivity contribution < 1.29 is 14.3 Å². The third-order valence-electron chi connectivity index (χ3n) is 4.08. The standard InChI is InChI=1S/C21H28ClN3O3/c1-4-28-20(26)12-23-21(27)25(13-16(2)3)15-19-9-6-10-24(19)14-17-7-5-8-18(22)11-17/h5-11,16H,4,12-15H2,1-3H3,(H,23,27). The normalized spacial score (nSPS) is 10.8. The highest BCUT2D eigenvalue weighted by Crippen LogP contribution is 2.15. The number of benzene rings is 1. The molecular formula is C21H28ClN3O3. The molecule has 0 atom stereocenters. The summed E-state index contributed by atoms with van der Waals surface area (Å²) in [5, 5.41) is 3.35. The lowest BCUT2D eigenvalue weighted by atomic mass is 10.2. The smallest absolute Gasteiger partial charge is 0.325 e. The fraction of sp³-hybridized carbons (Fsp3) is 0.429. The van der Waals surface area contributed by atoms with Crippen LogP contribution >= 0.6 is 11.6 Å². The zero-order valence-electron chi connectivity index (χ0n) is 16.7. The van der Waals surface area contributed by atoms with E-state index < -0.39 is 5.97 Å². The second-order valence-corrected chi connectivity index (χ2v) is 7.43. The first-order chi connectivity index (χ1) is 13.4. The van der Waals surface area contributed by atoms with Crippen molar-refractivity contribution in [2.45, 2.75) is 33.9 Å². The quantitative estimate of drug-likeness (QED) is 0.643. The van der Waals surface area contributed by atoms with Crippen LogP contribution in [-0.2, 0) is 22.6 Å². The summed E-state index contributed by atoms with van der Waals surface area (Å²) in [6.45, 7) is 7.69. The molecule has 0 fully saturated rings. The minimum atomic E-state index is -0.440. The number of nitrogens with zero attached hydrogens (tertiary/aromatic N) is 2. The number of halogens is 1. The summed E-state index contributed by atoms with van der Waals surface area (Å²) < 4.78 is 6.96. The van der Waals surface area contributed by atoms with Crippen LogP contribution in [0, 0.1) is 5.92 Å². The molecule has 0 radical (unpaired) electrons. The number of rotatable bonds is 9. The molecule has 0 aliphatic carbocycles. The maximum absolute atomic E-state index is 12.6. The van der Waals surface area contributed by atoms with Gasteiger partial charge >= 0.3 is 12.0 Å². The summed E-state index contributed by atoms with van der Waals surface area (Å²) in [6, 6.07) is 11.4. The van der Waals surface area contributed by atoms with Gasteiger partial charge in [0.2, 0.25) is 0 Å².